The largest absolute Gasteiger partial charge is 0.281 e. The number of nitrogens with zero attached hydrogens (tertiary/aromatic N) is 3. The monoisotopic (exact) mass is 173 g/mol. The number of rotatable bonds is 4. The van der Waals surface area contributed by atoms with Crippen LogP contribution in [0.4, 0.5) is 0 Å². The van der Waals surface area contributed by atoms with Crippen molar-refractivity contribution in [3.8, 4) is 0 Å². The Morgan fingerprint density at radius 3 is 2.82 bits per heavy atom. The Morgan fingerprint density at radius 1 is 1.82 bits per heavy atom. The molecule has 0 N–H and O–H groups in total. The Kier molecular flexibility index (Phi) is 2.74. The molecule has 1 aliphatic carbocycles. The minimum Gasteiger partial charge on any atom is -0.281 e. The van der Waals surface area contributed by atoms with Crippen molar-refractivity contribution in [1.82, 2.24) is 0 Å². The lowest BCUT2D eigenvalue weighted by Gasteiger charge is -2.01. The normalized spacial score (nSPS) is 18.6. The summed E-state index contributed by atoms with van der Waals surface area (Å²) in [6.07, 6.45) is 2.87. The second-order valence-electron chi connectivity index (χ2n) is 2.70. The van der Waals surface area contributed by atoms with Crippen molar-refractivity contribution in [1.29, 1.82) is 0 Å². The first kappa shape index (κ1) is 8.37. The highest BCUT2D eigenvalue weighted by Crippen LogP contribution is 2.34. The van der Waals surface area contributed by atoms with Crippen LogP contribution in [0.15, 0.2) is 5.11 Å². The molecule has 0 amide bonds. The third-order valence-corrected chi connectivity index (χ3v) is 1.96. The summed E-state index contributed by atoms with van der Waals surface area (Å²) in [6.45, 7) is 0. The van der Waals surface area contributed by atoms with Crippen LogP contribution in [0, 0.1) is 5.92 Å². The summed E-state index contributed by atoms with van der Waals surface area (Å²) in [6, 6.07) is -0.644. The van der Waals surface area contributed by atoms with E-state index in [4.69, 9.17) is 17.1 Å². The fraction of sp³-hybridized carbons (Fsp3) is 0.833. The van der Waals surface area contributed by atoms with Gasteiger partial charge in [0.05, 0.1) is 0 Å². The summed E-state index contributed by atoms with van der Waals surface area (Å²) in [4.78, 5) is 13.2. The zero-order chi connectivity index (χ0) is 8.27. The number of carbonyl (C=O) groups excluding carboxylic acids is 1. The van der Waals surface area contributed by atoms with Gasteiger partial charge in [-0.25, -0.2) is 0 Å². The average molecular weight is 174 g/mol. The highest BCUT2D eigenvalue weighted by Gasteiger charge is 2.27. The van der Waals surface area contributed by atoms with Crippen molar-refractivity contribution in [2.45, 2.75) is 25.3 Å². The topological polar surface area (TPSA) is 65.8 Å². The van der Waals surface area contributed by atoms with Crippen molar-refractivity contribution in [3.05, 3.63) is 10.4 Å². The van der Waals surface area contributed by atoms with Gasteiger partial charge in [-0.3, -0.25) is 4.79 Å². The number of halogens is 1. The van der Waals surface area contributed by atoms with Gasteiger partial charge >= 0.3 is 0 Å². The van der Waals surface area contributed by atoms with Crippen molar-refractivity contribution < 1.29 is 4.79 Å². The molecule has 0 spiro atoms. The zero-order valence-electron chi connectivity index (χ0n) is 5.90. The summed E-state index contributed by atoms with van der Waals surface area (Å²) >= 11 is 5.19. The van der Waals surface area contributed by atoms with Crippen LogP contribution in [-0.2, 0) is 4.79 Å². The molecule has 0 radical (unpaired) electrons. The minimum absolute atomic E-state index is 0.547. The van der Waals surface area contributed by atoms with Gasteiger partial charge in [-0.05, 0) is 29.5 Å². The maximum atomic E-state index is 10.6. The van der Waals surface area contributed by atoms with Crippen LogP contribution < -0.4 is 0 Å². The average Bonchev–Trinajstić information content (AvgIpc) is 2.70. The Bertz CT molecular complexity index is 206. The summed E-state index contributed by atoms with van der Waals surface area (Å²) in [5.74, 6) is 0.549. The summed E-state index contributed by atoms with van der Waals surface area (Å²) in [7, 11) is 0. The molecular formula is C6H8ClN3O. The smallest absolute Gasteiger partial charge is 0.230 e. The molecule has 0 aliphatic heterocycles. The molecule has 4 nitrogen and oxygen atoms in total. The van der Waals surface area contributed by atoms with Crippen LogP contribution in [0.2, 0.25) is 0 Å². The predicted molar refractivity (Wildman–Crippen MR) is 41.1 cm³/mol. The molecule has 5 heteroatoms. The number of hydrogen-bond acceptors (Lipinski definition) is 2. The molecule has 0 bridgehead atoms. The Labute approximate surface area is 69.2 Å². The van der Waals surface area contributed by atoms with Crippen LogP contribution >= 0.6 is 11.6 Å². The molecule has 11 heavy (non-hydrogen) atoms. The molecule has 1 aliphatic rings. The summed E-state index contributed by atoms with van der Waals surface area (Å²) < 4.78 is 0. The van der Waals surface area contributed by atoms with E-state index in [1.165, 1.54) is 0 Å². The Balaban J connectivity index is 2.43. The van der Waals surface area contributed by atoms with E-state index < -0.39 is 11.3 Å². The second-order valence-corrected chi connectivity index (χ2v) is 3.08. The van der Waals surface area contributed by atoms with Crippen LogP contribution in [0.1, 0.15) is 19.3 Å². The van der Waals surface area contributed by atoms with Gasteiger partial charge < -0.3 is 0 Å². The number of hydrogen-bond donors (Lipinski definition) is 0. The molecule has 1 atom stereocenters. The Morgan fingerprint density at radius 2 is 2.45 bits per heavy atom. The Hall–Kier alpha value is -0.730. The highest BCUT2D eigenvalue weighted by molar-refractivity contribution is 6.64. The standard InChI is InChI=1S/C6H8ClN3O/c7-6(11)5(9-10-8)3-4-1-2-4/h4-5H,1-3H2/t5-/m0/s1. The molecule has 0 heterocycles. The van der Waals surface area contributed by atoms with Gasteiger partial charge in [0.1, 0.15) is 6.04 Å². The summed E-state index contributed by atoms with van der Waals surface area (Å²) in [5.41, 5.74) is 8.07. The molecule has 0 aromatic carbocycles. The van der Waals surface area contributed by atoms with E-state index >= 15 is 0 Å². The second kappa shape index (κ2) is 3.60. The van der Waals surface area contributed by atoms with Crippen LogP contribution in [0.5, 0.6) is 0 Å². The van der Waals surface area contributed by atoms with Gasteiger partial charge in [-0.1, -0.05) is 18.0 Å². The molecule has 1 rings (SSSR count). The molecule has 0 unspecified atom stereocenters. The number of carbonyl (C=O) groups is 1. The lowest BCUT2D eigenvalue weighted by Crippen LogP contribution is -2.12. The van der Waals surface area contributed by atoms with Crippen LogP contribution in [0.25, 0.3) is 10.4 Å². The van der Waals surface area contributed by atoms with Crippen molar-refractivity contribution in [3.63, 3.8) is 0 Å². The first-order valence-corrected chi connectivity index (χ1v) is 3.85. The lowest BCUT2D eigenvalue weighted by molar-refractivity contribution is -0.113. The van der Waals surface area contributed by atoms with E-state index in [0.29, 0.717) is 12.3 Å². The maximum Gasteiger partial charge on any atom is 0.230 e. The van der Waals surface area contributed by atoms with Gasteiger partial charge in [-0.15, -0.1) is 0 Å². The molecule has 0 aromatic heterocycles. The predicted octanol–water partition coefficient (Wildman–Crippen LogP) is 2.23. The SMILES string of the molecule is [N-]=[N+]=N[C@@H](CC1CC1)C(=O)Cl. The van der Waals surface area contributed by atoms with E-state index in [2.05, 4.69) is 10.0 Å². The quantitative estimate of drug-likeness (QED) is 0.278. The van der Waals surface area contributed by atoms with Gasteiger partial charge in [0.2, 0.25) is 5.24 Å². The third kappa shape index (κ3) is 2.78. The molecule has 1 saturated carbocycles. The van der Waals surface area contributed by atoms with Crippen molar-refractivity contribution in [2.75, 3.05) is 0 Å². The minimum atomic E-state index is -0.644. The zero-order valence-corrected chi connectivity index (χ0v) is 6.66. The van der Waals surface area contributed by atoms with E-state index in [9.17, 15) is 4.79 Å². The third-order valence-electron chi connectivity index (χ3n) is 1.71. The van der Waals surface area contributed by atoms with Crippen molar-refractivity contribution >= 4 is 16.8 Å². The van der Waals surface area contributed by atoms with Crippen molar-refractivity contribution in [2.24, 2.45) is 11.0 Å². The number of azide groups is 1. The lowest BCUT2D eigenvalue weighted by atomic mass is 10.2. The molecule has 0 saturated heterocycles. The fourth-order valence-electron chi connectivity index (χ4n) is 0.917. The molecule has 1 fully saturated rings. The van der Waals surface area contributed by atoms with Gasteiger partial charge in [-0.2, -0.15) is 0 Å². The maximum absolute atomic E-state index is 10.6. The van der Waals surface area contributed by atoms with Crippen LogP contribution in [0.3, 0.4) is 0 Å². The highest BCUT2D eigenvalue weighted by atomic mass is 35.5. The fourth-order valence-corrected chi connectivity index (χ4v) is 1.05. The van der Waals surface area contributed by atoms with Gasteiger partial charge in [0, 0.05) is 4.91 Å². The van der Waals surface area contributed by atoms with E-state index in [-0.39, 0.29) is 0 Å². The van der Waals surface area contributed by atoms with Gasteiger partial charge in [0.15, 0.2) is 0 Å². The first-order valence-electron chi connectivity index (χ1n) is 3.47. The molecular weight excluding hydrogens is 166 g/mol. The van der Waals surface area contributed by atoms with Gasteiger partial charge in [0.25, 0.3) is 0 Å². The van der Waals surface area contributed by atoms with Crippen LogP contribution in [-0.4, -0.2) is 11.3 Å². The van der Waals surface area contributed by atoms with E-state index in [1.807, 2.05) is 0 Å². The molecule has 0 aromatic rings. The molecule has 60 valence electrons. The first-order chi connectivity index (χ1) is 5.24. The summed E-state index contributed by atoms with van der Waals surface area (Å²) in [5, 5.41) is 2.76. The van der Waals surface area contributed by atoms with E-state index in [1.54, 1.807) is 0 Å². The van der Waals surface area contributed by atoms with E-state index in [0.717, 1.165) is 12.8 Å².